The number of nitrogens with zero attached hydrogens (tertiary/aromatic N) is 1. The summed E-state index contributed by atoms with van der Waals surface area (Å²) in [5.41, 5.74) is 2.86. The monoisotopic (exact) mass is 286 g/mol. The van der Waals surface area contributed by atoms with Crippen LogP contribution in [0.25, 0.3) is 11.3 Å². The van der Waals surface area contributed by atoms with Crippen LogP contribution in [0.5, 0.6) is 0 Å². The molecule has 0 unspecified atom stereocenters. The highest BCUT2D eigenvalue weighted by molar-refractivity contribution is 7.20. The van der Waals surface area contributed by atoms with Crippen LogP contribution in [-0.4, -0.2) is 4.98 Å². The largest absolute Gasteiger partial charge is 0.331 e. The van der Waals surface area contributed by atoms with Gasteiger partial charge in [0, 0.05) is 11.3 Å². The van der Waals surface area contributed by atoms with E-state index < -0.39 is 0 Å². The van der Waals surface area contributed by atoms with E-state index in [2.05, 4.69) is 10.3 Å². The number of rotatable bonds is 3. The first-order valence-corrected chi connectivity index (χ1v) is 7.06. The summed E-state index contributed by atoms with van der Waals surface area (Å²) in [5, 5.41) is 4.06. The molecule has 19 heavy (non-hydrogen) atoms. The van der Waals surface area contributed by atoms with E-state index in [4.69, 9.17) is 11.6 Å². The van der Waals surface area contributed by atoms with E-state index in [9.17, 15) is 0 Å². The summed E-state index contributed by atoms with van der Waals surface area (Å²) in [6.45, 7) is 0. The molecule has 2 aromatic carbocycles. The molecular weight excluding hydrogens is 276 g/mol. The molecule has 0 spiro atoms. The lowest BCUT2D eigenvalue weighted by Crippen LogP contribution is -1.88. The summed E-state index contributed by atoms with van der Waals surface area (Å²) in [4.78, 5) is 4.55. The van der Waals surface area contributed by atoms with Gasteiger partial charge in [-0.15, -0.1) is 0 Å². The maximum Gasteiger partial charge on any atom is 0.189 e. The van der Waals surface area contributed by atoms with Gasteiger partial charge in [-0.3, -0.25) is 0 Å². The second-order valence-electron chi connectivity index (χ2n) is 4.00. The highest BCUT2D eigenvalue weighted by atomic mass is 35.5. The fourth-order valence-electron chi connectivity index (χ4n) is 1.77. The van der Waals surface area contributed by atoms with Gasteiger partial charge in [-0.2, -0.15) is 0 Å². The molecule has 0 aliphatic rings. The molecule has 1 aromatic heterocycles. The number of para-hydroxylation sites is 1. The summed E-state index contributed by atoms with van der Waals surface area (Å²) in [6.07, 6.45) is 0. The van der Waals surface area contributed by atoms with Gasteiger partial charge in [0.05, 0.1) is 0 Å². The van der Waals surface area contributed by atoms with Crippen molar-refractivity contribution in [3.05, 3.63) is 65.0 Å². The van der Waals surface area contributed by atoms with Crippen LogP contribution in [-0.2, 0) is 0 Å². The number of benzene rings is 2. The Hall–Kier alpha value is -1.84. The first kappa shape index (κ1) is 12.2. The Morgan fingerprint density at radius 1 is 0.895 bits per heavy atom. The third kappa shape index (κ3) is 2.78. The highest BCUT2D eigenvalue weighted by Gasteiger charge is 2.11. The van der Waals surface area contributed by atoms with Crippen molar-refractivity contribution in [3.63, 3.8) is 0 Å². The second kappa shape index (κ2) is 5.43. The molecule has 1 N–H and O–H groups in total. The number of halogens is 1. The van der Waals surface area contributed by atoms with Gasteiger partial charge in [-0.1, -0.05) is 71.5 Å². The number of hydrogen-bond donors (Lipinski definition) is 1. The quantitative estimate of drug-likeness (QED) is 0.715. The second-order valence-corrected chi connectivity index (χ2v) is 5.60. The number of hydrogen-bond acceptors (Lipinski definition) is 3. The predicted molar refractivity (Wildman–Crippen MR) is 82.3 cm³/mol. The Bertz CT molecular complexity index is 665. The highest BCUT2D eigenvalue weighted by Crippen LogP contribution is 2.36. The zero-order valence-corrected chi connectivity index (χ0v) is 11.6. The molecule has 0 atom stereocenters. The molecule has 94 valence electrons. The van der Waals surface area contributed by atoms with Crippen molar-refractivity contribution >= 4 is 33.8 Å². The zero-order valence-electron chi connectivity index (χ0n) is 10.0. The Morgan fingerprint density at radius 3 is 2.21 bits per heavy atom. The van der Waals surface area contributed by atoms with Crippen LogP contribution >= 0.6 is 22.9 Å². The Morgan fingerprint density at radius 2 is 1.53 bits per heavy atom. The third-order valence-electron chi connectivity index (χ3n) is 2.66. The minimum absolute atomic E-state index is 0.699. The van der Waals surface area contributed by atoms with Crippen LogP contribution in [0.4, 0.5) is 10.8 Å². The van der Waals surface area contributed by atoms with Crippen molar-refractivity contribution < 1.29 is 0 Å². The maximum atomic E-state index is 6.26. The van der Waals surface area contributed by atoms with E-state index in [1.54, 1.807) is 0 Å². The fourth-order valence-corrected chi connectivity index (χ4v) is 2.88. The van der Waals surface area contributed by atoms with Crippen LogP contribution in [0.1, 0.15) is 0 Å². The van der Waals surface area contributed by atoms with Crippen molar-refractivity contribution in [1.82, 2.24) is 4.98 Å². The van der Waals surface area contributed by atoms with Crippen LogP contribution in [0.3, 0.4) is 0 Å². The van der Waals surface area contributed by atoms with E-state index >= 15 is 0 Å². The van der Waals surface area contributed by atoms with Crippen LogP contribution in [0, 0.1) is 0 Å². The molecule has 0 saturated carbocycles. The predicted octanol–water partition coefficient (Wildman–Crippen LogP) is 5.21. The van der Waals surface area contributed by atoms with Crippen LogP contribution in [0.2, 0.25) is 4.34 Å². The van der Waals surface area contributed by atoms with Crippen molar-refractivity contribution in [2.24, 2.45) is 0 Å². The lowest BCUT2D eigenvalue weighted by atomic mass is 10.2. The Kier molecular flexibility index (Phi) is 3.49. The van der Waals surface area contributed by atoms with E-state index in [1.165, 1.54) is 11.3 Å². The van der Waals surface area contributed by atoms with E-state index in [1.807, 2.05) is 60.7 Å². The van der Waals surface area contributed by atoms with Crippen LogP contribution in [0.15, 0.2) is 60.7 Å². The van der Waals surface area contributed by atoms with Crippen molar-refractivity contribution in [2.45, 2.75) is 0 Å². The Balaban J connectivity index is 1.90. The molecule has 0 bridgehead atoms. The van der Waals surface area contributed by atoms with E-state index in [0.29, 0.717) is 4.34 Å². The standard InChI is InChI=1S/C15H11ClN2S/c16-14-13(11-7-3-1-4-8-11)18-15(19-14)17-12-9-5-2-6-10-12/h1-10H,(H,17,18). The minimum atomic E-state index is 0.699. The van der Waals surface area contributed by atoms with Gasteiger partial charge in [-0.05, 0) is 12.1 Å². The number of anilines is 2. The lowest BCUT2D eigenvalue weighted by molar-refractivity contribution is 1.38. The summed E-state index contributed by atoms with van der Waals surface area (Å²) in [5.74, 6) is 0. The zero-order chi connectivity index (χ0) is 13.1. The molecular formula is C15H11ClN2S. The fraction of sp³-hybridized carbons (Fsp3) is 0. The molecule has 4 heteroatoms. The maximum absolute atomic E-state index is 6.26. The van der Waals surface area contributed by atoms with Gasteiger partial charge in [0.25, 0.3) is 0 Å². The average molecular weight is 287 g/mol. The van der Waals surface area contributed by atoms with Crippen molar-refractivity contribution in [1.29, 1.82) is 0 Å². The molecule has 1 heterocycles. The molecule has 0 aliphatic carbocycles. The topological polar surface area (TPSA) is 24.9 Å². The minimum Gasteiger partial charge on any atom is -0.331 e. The number of aromatic nitrogens is 1. The molecule has 3 aromatic rings. The molecule has 0 aliphatic heterocycles. The average Bonchev–Trinajstić information content (AvgIpc) is 2.82. The molecule has 0 saturated heterocycles. The van der Waals surface area contributed by atoms with Gasteiger partial charge in [0.15, 0.2) is 5.13 Å². The first-order valence-electron chi connectivity index (χ1n) is 5.87. The van der Waals surface area contributed by atoms with E-state index in [-0.39, 0.29) is 0 Å². The molecule has 0 radical (unpaired) electrons. The Labute approximate surface area is 120 Å². The smallest absolute Gasteiger partial charge is 0.189 e. The van der Waals surface area contributed by atoms with E-state index in [0.717, 1.165) is 22.1 Å². The molecule has 0 amide bonds. The normalized spacial score (nSPS) is 10.4. The van der Waals surface area contributed by atoms with Gasteiger partial charge in [0.1, 0.15) is 10.0 Å². The SMILES string of the molecule is Clc1sc(Nc2ccccc2)nc1-c1ccccc1. The van der Waals surface area contributed by atoms with Gasteiger partial charge in [-0.25, -0.2) is 4.98 Å². The van der Waals surface area contributed by atoms with Gasteiger partial charge in [0.2, 0.25) is 0 Å². The first-order chi connectivity index (χ1) is 9.33. The summed E-state index contributed by atoms with van der Waals surface area (Å²) >= 11 is 7.71. The summed E-state index contributed by atoms with van der Waals surface area (Å²) in [6, 6.07) is 19.9. The van der Waals surface area contributed by atoms with Gasteiger partial charge >= 0.3 is 0 Å². The van der Waals surface area contributed by atoms with Crippen molar-refractivity contribution in [3.8, 4) is 11.3 Å². The van der Waals surface area contributed by atoms with Crippen molar-refractivity contribution in [2.75, 3.05) is 5.32 Å². The lowest BCUT2D eigenvalue weighted by Gasteiger charge is -2.00. The third-order valence-corrected chi connectivity index (χ3v) is 3.83. The van der Waals surface area contributed by atoms with Crippen LogP contribution < -0.4 is 5.32 Å². The summed E-state index contributed by atoms with van der Waals surface area (Å²) in [7, 11) is 0. The number of nitrogens with one attached hydrogen (secondary N) is 1. The van der Waals surface area contributed by atoms with Gasteiger partial charge < -0.3 is 5.32 Å². The molecule has 0 fully saturated rings. The number of thiazole rings is 1. The molecule has 2 nitrogen and oxygen atoms in total. The molecule has 3 rings (SSSR count). The summed E-state index contributed by atoms with van der Waals surface area (Å²) < 4.78 is 0.699.